The van der Waals surface area contributed by atoms with Crippen LogP contribution >= 0.6 is 15.9 Å². The van der Waals surface area contributed by atoms with Crippen LogP contribution in [0.25, 0.3) is 11.1 Å². The third kappa shape index (κ3) is 2.29. The van der Waals surface area contributed by atoms with Crippen molar-refractivity contribution in [1.29, 1.82) is 0 Å². The predicted octanol–water partition coefficient (Wildman–Crippen LogP) is 4.26. The topological polar surface area (TPSA) is 37.3 Å². The summed E-state index contributed by atoms with van der Waals surface area (Å²) >= 11 is 3.12. The number of rotatable bonds is 2. The van der Waals surface area contributed by atoms with E-state index in [0.29, 0.717) is 15.6 Å². The Morgan fingerprint density at radius 1 is 1.22 bits per heavy atom. The Kier molecular flexibility index (Phi) is 3.48. The molecule has 0 aliphatic heterocycles. The van der Waals surface area contributed by atoms with Crippen LogP contribution in [0.2, 0.25) is 0 Å². The predicted molar refractivity (Wildman–Crippen MR) is 71.2 cm³/mol. The van der Waals surface area contributed by atoms with Crippen molar-refractivity contribution in [3.05, 3.63) is 57.8 Å². The average Bonchev–Trinajstić information content (AvgIpc) is 2.33. The normalized spacial score (nSPS) is 10.4. The second-order valence-corrected chi connectivity index (χ2v) is 4.79. The number of carboxylic acid groups (broad SMARTS) is 1. The summed E-state index contributed by atoms with van der Waals surface area (Å²) in [5.74, 6) is -1.41. The molecular formula is C14H10BrFO2. The number of hydrogen-bond acceptors (Lipinski definition) is 1. The van der Waals surface area contributed by atoms with Crippen LogP contribution in [0.3, 0.4) is 0 Å². The van der Waals surface area contributed by atoms with Gasteiger partial charge < -0.3 is 5.11 Å². The quantitative estimate of drug-likeness (QED) is 0.900. The van der Waals surface area contributed by atoms with Crippen molar-refractivity contribution >= 4 is 21.9 Å². The first kappa shape index (κ1) is 12.8. The van der Waals surface area contributed by atoms with Crippen LogP contribution in [-0.4, -0.2) is 11.1 Å². The first-order valence-corrected chi connectivity index (χ1v) is 6.08. The van der Waals surface area contributed by atoms with Crippen LogP contribution in [0.15, 0.2) is 40.9 Å². The molecule has 0 aliphatic carbocycles. The monoisotopic (exact) mass is 308 g/mol. The Hall–Kier alpha value is -1.68. The minimum Gasteiger partial charge on any atom is -0.478 e. The Labute approximate surface area is 112 Å². The van der Waals surface area contributed by atoms with Gasteiger partial charge in [-0.1, -0.05) is 18.2 Å². The molecule has 0 bridgehead atoms. The summed E-state index contributed by atoms with van der Waals surface area (Å²) in [5, 5.41) is 8.97. The van der Waals surface area contributed by atoms with Crippen LogP contribution < -0.4 is 0 Å². The van der Waals surface area contributed by atoms with E-state index in [1.807, 2.05) is 6.92 Å². The molecule has 18 heavy (non-hydrogen) atoms. The van der Waals surface area contributed by atoms with Crippen molar-refractivity contribution < 1.29 is 14.3 Å². The first-order chi connectivity index (χ1) is 8.50. The maximum atomic E-state index is 14.0. The number of carboxylic acids is 1. The standard InChI is InChI=1S/C14H10BrFO2/c1-8-5-6-9(14(17)18)7-11(8)10-3-2-4-12(15)13(10)16/h2-7H,1H3,(H,17,18). The largest absolute Gasteiger partial charge is 0.478 e. The highest BCUT2D eigenvalue weighted by Crippen LogP contribution is 2.30. The van der Waals surface area contributed by atoms with Crippen LogP contribution in [0.1, 0.15) is 15.9 Å². The molecule has 0 unspecified atom stereocenters. The van der Waals surface area contributed by atoms with Gasteiger partial charge in [0.2, 0.25) is 0 Å². The fourth-order valence-electron chi connectivity index (χ4n) is 1.76. The van der Waals surface area contributed by atoms with E-state index in [9.17, 15) is 9.18 Å². The van der Waals surface area contributed by atoms with Gasteiger partial charge in [0.15, 0.2) is 0 Å². The molecule has 4 heteroatoms. The van der Waals surface area contributed by atoms with Crippen molar-refractivity contribution in [3.63, 3.8) is 0 Å². The third-order valence-corrected chi connectivity index (χ3v) is 3.34. The maximum Gasteiger partial charge on any atom is 0.335 e. The van der Waals surface area contributed by atoms with Gasteiger partial charge in [0.05, 0.1) is 10.0 Å². The second-order valence-electron chi connectivity index (χ2n) is 3.94. The molecule has 0 amide bonds. The maximum absolute atomic E-state index is 14.0. The van der Waals surface area contributed by atoms with Gasteiger partial charge in [0.1, 0.15) is 5.82 Å². The van der Waals surface area contributed by atoms with Gasteiger partial charge in [0, 0.05) is 5.56 Å². The number of benzene rings is 2. The molecule has 0 fully saturated rings. The van der Waals surface area contributed by atoms with E-state index in [4.69, 9.17) is 5.11 Å². The summed E-state index contributed by atoms with van der Waals surface area (Å²) in [6, 6.07) is 9.64. The number of carbonyl (C=O) groups is 1. The highest BCUT2D eigenvalue weighted by Gasteiger charge is 2.12. The number of aryl methyl sites for hydroxylation is 1. The lowest BCUT2D eigenvalue weighted by Gasteiger charge is -2.09. The van der Waals surface area contributed by atoms with E-state index in [2.05, 4.69) is 15.9 Å². The van der Waals surface area contributed by atoms with Gasteiger partial charge in [-0.2, -0.15) is 0 Å². The van der Waals surface area contributed by atoms with Crippen molar-refractivity contribution in [2.75, 3.05) is 0 Å². The van der Waals surface area contributed by atoms with Gasteiger partial charge in [-0.3, -0.25) is 0 Å². The van der Waals surface area contributed by atoms with Crippen LogP contribution in [0, 0.1) is 12.7 Å². The molecule has 0 heterocycles. The summed E-state index contributed by atoms with van der Waals surface area (Å²) in [6.45, 7) is 1.82. The lowest BCUT2D eigenvalue weighted by atomic mass is 9.98. The zero-order valence-corrected chi connectivity index (χ0v) is 11.2. The van der Waals surface area contributed by atoms with E-state index < -0.39 is 5.97 Å². The molecule has 1 N–H and O–H groups in total. The van der Waals surface area contributed by atoms with Crippen LogP contribution in [0.4, 0.5) is 4.39 Å². The highest BCUT2D eigenvalue weighted by atomic mass is 79.9. The SMILES string of the molecule is Cc1ccc(C(=O)O)cc1-c1cccc(Br)c1F. The van der Waals surface area contributed by atoms with Crippen LogP contribution in [0.5, 0.6) is 0 Å². The minimum absolute atomic E-state index is 0.148. The molecule has 0 saturated heterocycles. The summed E-state index contributed by atoms with van der Waals surface area (Å²) in [5.41, 5.74) is 1.96. The van der Waals surface area contributed by atoms with Crippen molar-refractivity contribution in [3.8, 4) is 11.1 Å². The molecule has 0 atom stereocenters. The van der Waals surface area contributed by atoms with Crippen molar-refractivity contribution in [2.24, 2.45) is 0 Å². The Bertz CT molecular complexity index is 623. The second kappa shape index (κ2) is 4.90. The Morgan fingerprint density at radius 2 is 1.94 bits per heavy atom. The molecule has 0 spiro atoms. The lowest BCUT2D eigenvalue weighted by Crippen LogP contribution is -1.98. The zero-order chi connectivity index (χ0) is 13.3. The van der Waals surface area contributed by atoms with E-state index in [0.717, 1.165) is 5.56 Å². The molecule has 2 rings (SSSR count). The first-order valence-electron chi connectivity index (χ1n) is 5.29. The summed E-state index contributed by atoms with van der Waals surface area (Å²) in [4.78, 5) is 10.9. The molecule has 2 aromatic carbocycles. The highest BCUT2D eigenvalue weighted by molar-refractivity contribution is 9.10. The third-order valence-electron chi connectivity index (χ3n) is 2.73. The fourth-order valence-corrected chi connectivity index (χ4v) is 2.12. The smallest absolute Gasteiger partial charge is 0.335 e. The van der Waals surface area contributed by atoms with E-state index >= 15 is 0 Å². The van der Waals surface area contributed by atoms with Gasteiger partial charge >= 0.3 is 5.97 Å². The van der Waals surface area contributed by atoms with Crippen molar-refractivity contribution in [2.45, 2.75) is 6.92 Å². The lowest BCUT2D eigenvalue weighted by molar-refractivity contribution is 0.0697. The number of hydrogen-bond donors (Lipinski definition) is 1. The molecule has 0 radical (unpaired) electrons. The summed E-state index contributed by atoms with van der Waals surface area (Å²) in [7, 11) is 0. The fraction of sp³-hybridized carbons (Fsp3) is 0.0714. The summed E-state index contributed by atoms with van der Waals surface area (Å²) in [6.07, 6.45) is 0. The molecule has 92 valence electrons. The Morgan fingerprint density at radius 3 is 2.61 bits per heavy atom. The zero-order valence-electron chi connectivity index (χ0n) is 9.58. The summed E-state index contributed by atoms with van der Waals surface area (Å²) < 4.78 is 14.4. The molecule has 2 aromatic rings. The molecule has 0 saturated carbocycles. The van der Waals surface area contributed by atoms with Gasteiger partial charge in [-0.15, -0.1) is 0 Å². The number of aromatic carboxylic acids is 1. The molecule has 2 nitrogen and oxygen atoms in total. The van der Waals surface area contributed by atoms with E-state index in [1.165, 1.54) is 12.1 Å². The van der Waals surface area contributed by atoms with Gasteiger partial charge in [-0.05, 0) is 52.2 Å². The molecular weight excluding hydrogens is 299 g/mol. The molecule has 0 aromatic heterocycles. The minimum atomic E-state index is -1.02. The Balaban J connectivity index is 2.66. The van der Waals surface area contributed by atoms with E-state index in [-0.39, 0.29) is 11.4 Å². The van der Waals surface area contributed by atoms with Gasteiger partial charge in [0.25, 0.3) is 0 Å². The van der Waals surface area contributed by atoms with E-state index in [1.54, 1.807) is 24.3 Å². The number of halogens is 2. The van der Waals surface area contributed by atoms with Crippen molar-refractivity contribution in [1.82, 2.24) is 0 Å². The van der Waals surface area contributed by atoms with Crippen LogP contribution in [-0.2, 0) is 0 Å². The average molecular weight is 309 g/mol. The van der Waals surface area contributed by atoms with Gasteiger partial charge in [-0.25, -0.2) is 9.18 Å². The molecule has 0 aliphatic rings.